The van der Waals surface area contributed by atoms with Crippen molar-refractivity contribution in [2.45, 2.75) is 6.42 Å². The first-order valence-corrected chi connectivity index (χ1v) is 4.93. The van der Waals surface area contributed by atoms with Crippen LogP contribution >= 0.6 is 11.8 Å². The molecule has 0 saturated heterocycles. The van der Waals surface area contributed by atoms with Gasteiger partial charge in [0.25, 0.3) is 0 Å². The van der Waals surface area contributed by atoms with E-state index in [1.807, 2.05) is 25.0 Å². The molecule has 0 amide bonds. The summed E-state index contributed by atoms with van der Waals surface area (Å²) in [6, 6.07) is 0. The van der Waals surface area contributed by atoms with E-state index in [0.29, 0.717) is 0 Å². The summed E-state index contributed by atoms with van der Waals surface area (Å²) < 4.78 is 0. The highest BCUT2D eigenvalue weighted by Crippen LogP contribution is 1.89. The Morgan fingerprint density at radius 2 is 2.40 bits per heavy atom. The van der Waals surface area contributed by atoms with Crippen LogP contribution in [0.3, 0.4) is 0 Å². The molecular formula is C7H16N2S. The Bertz CT molecular complexity index is 73.7. The molecule has 0 spiro atoms. The zero-order valence-electron chi connectivity index (χ0n) is 6.76. The molecule has 0 bridgehead atoms. The molecule has 0 aromatic carbocycles. The van der Waals surface area contributed by atoms with Crippen molar-refractivity contribution in [3.63, 3.8) is 0 Å². The first kappa shape index (κ1) is 9.98. The van der Waals surface area contributed by atoms with E-state index in [1.165, 1.54) is 0 Å². The van der Waals surface area contributed by atoms with Gasteiger partial charge in [-0.1, -0.05) is 0 Å². The van der Waals surface area contributed by atoms with Crippen LogP contribution in [0.25, 0.3) is 0 Å². The van der Waals surface area contributed by atoms with Crippen LogP contribution in [0.15, 0.2) is 4.99 Å². The van der Waals surface area contributed by atoms with Crippen molar-refractivity contribution >= 4 is 18.0 Å². The Labute approximate surface area is 67.5 Å². The normalized spacial score (nSPS) is 11.0. The highest BCUT2D eigenvalue weighted by atomic mass is 32.2. The van der Waals surface area contributed by atoms with Gasteiger partial charge in [-0.3, -0.25) is 4.99 Å². The smallest absolute Gasteiger partial charge is 0.0475 e. The molecule has 0 fully saturated rings. The van der Waals surface area contributed by atoms with E-state index in [4.69, 9.17) is 0 Å². The lowest BCUT2D eigenvalue weighted by molar-refractivity contribution is 0.828. The Morgan fingerprint density at radius 3 is 3.00 bits per heavy atom. The number of nitrogens with one attached hydrogen (secondary N) is 1. The molecule has 60 valence electrons. The molecule has 0 atom stereocenters. The largest absolute Gasteiger partial charge is 0.319 e. The third kappa shape index (κ3) is 7.98. The van der Waals surface area contributed by atoms with Gasteiger partial charge in [0.1, 0.15) is 0 Å². The van der Waals surface area contributed by atoms with Crippen molar-refractivity contribution in [3.8, 4) is 0 Å². The Morgan fingerprint density at radius 1 is 1.60 bits per heavy atom. The van der Waals surface area contributed by atoms with E-state index in [2.05, 4.69) is 16.6 Å². The topological polar surface area (TPSA) is 24.4 Å². The Kier molecular flexibility index (Phi) is 8.96. The fourth-order valence-electron chi connectivity index (χ4n) is 0.535. The van der Waals surface area contributed by atoms with Gasteiger partial charge in [-0.25, -0.2) is 0 Å². The Hall–Kier alpha value is -0.0200. The average molecular weight is 160 g/mol. The van der Waals surface area contributed by atoms with Gasteiger partial charge in [0.15, 0.2) is 0 Å². The van der Waals surface area contributed by atoms with E-state index in [0.717, 1.165) is 25.3 Å². The average Bonchev–Trinajstić information content (AvgIpc) is 1.97. The predicted octanol–water partition coefficient (Wildman–Crippen LogP) is 1.03. The number of nitrogens with zero attached hydrogens (tertiary/aromatic N) is 1. The molecule has 2 nitrogen and oxygen atoms in total. The van der Waals surface area contributed by atoms with Crippen LogP contribution in [-0.2, 0) is 0 Å². The van der Waals surface area contributed by atoms with Crippen molar-refractivity contribution in [1.29, 1.82) is 0 Å². The zero-order chi connectivity index (χ0) is 7.66. The fourth-order valence-corrected chi connectivity index (χ4v) is 0.823. The molecule has 0 aromatic heterocycles. The van der Waals surface area contributed by atoms with Crippen LogP contribution < -0.4 is 5.32 Å². The molecule has 0 aliphatic heterocycles. The van der Waals surface area contributed by atoms with Crippen LogP contribution in [0.5, 0.6) is 0 Å². The lowest BCUT2D eigenvalue weighted by Crippen LogP contribution is -2.07. The molecule has 0 saturated carbocycles. The number of hydrogen-bond donors (Lipinski definition) is 1. The SMILES string of the molecule is CNCCC=NCCSC. The van der Waals surface area contributed by atoms with Crippen molar-refractivity contribution in [1.82, 2.24) is 5.32 Å². The number of rotatable bonds is 6. The third-order valence-corrected chi connectivity index (χ3v) is 1.67. The van der Waals surface area contributed by atoms with Crippen molar-refractivity contribution in [3.05, 3.63) is 0 Å². The summed E-state index contributed by atoms with van der Waals surface area (Å²) in [4.78, 5) is 4.21. The van der Waals surface area contributed by atoms with Crippen LogP contribution in [-0.4, -0.2) is 38.4 Å². The summed E-state index contributed by atoms with van der Waals surface area (Å²) in [6.45, 7) is 1.99. The maximum Gasteiger partial charge on any atom is 0.0475 e. The second-order valence-corrected chi connectivity index (χ2v) is 2.96. The second kappa shape index (κ2) is 8.98. The molecule has 0 aromatic rings. The second-order valence-electron chi connectivity index (χ2n) is 1.97. The minimum absolute atomic E-state index is 0.963. The van der Waals surface area contributed by atoms with Gasteiger partial charge >= 0.3 is 0 Å². The quantitative estimate of drug-likeness (QED) is 0.463. The van der Waals surface area contributed by atoms with Gasteiger partial charge < -0.3 is 5.32 Å². The van der Waals surface area contributed by atoms with Crippen LogP contribution in [0.2, 0.25) is 0 Å². The number of thioether (sulfide) groups is 1. The highest BCUT2D eigenvalue weighted by molar-refractivity contribution is 7.98. The van der Waals surface area contributed by atoms with Crippen molar-refractivity contribution in [2.75, 3.05) is 32.1 Å². The minimum atomic E-state index is 0.963. The van der Waals surface area contributed by atoms with Gasteiger partial charge in [-0.05, 0) is 32.5 Å². The van der Waals surface area contributed by atoms with Crippen LogP contribution in [0, 0.1) is 0 Å². The van der Waals surface area contributed by atoms with E-state index >= 15 is 0 Å². The minimum Gasteiger partial charge on any atom is -0.319 e. The molecule has 0 unspecified atom stereocenters. The summed E-state index contributed by atoms with van der Waals surface area (Å²) >= 11 is 1.84. The Balaban J connectivity index is 2.89. The van der Waals surface area contributed by atoms with E-state index in [-0.39, 0.29) is 0 Å². The highest BCUT2D eigenvalue weighted by Gasteiger charge is 1.78. The molecular weight excluding hydrogens is 144 g/mol. The molecule has 0 rings (SSSR count). The van der Waals surface area contributed by atoms with Crippen molar-refractivity contribution in [2.24, 2.45) is 4.99 Å². The summed E-state index contributed by atoms with van der Waals surface area (Å²) in [5.41, 5.74) is 0. The predicted molar refractivity (Wildman–Crippen MR) is 50.3 cm³/mol. The molecule has 0 heterocycles. The monoisotopic (exact) mass is 160 g/mol. The summed E-state index contributed by atoms with van der Waals surface area (Å²) in [5, 5.41) is 3.06. The van der Waals surface area contributed by atoms with Gasteiger partial charge in [-0.2, -0.15) is 11.8 Å². The number of aliphatic imine (C=N–C) groups is 1. The van der Waals surface area contributed by atoms with Gasteiger partial charge in [0.2, 0.25) is 0 Å². The lowest BCUT2D eigenvalue weighted by Gasteiger charge is -1.91. The summed E-state index contributed by atoms with van der Waals surface area (Å²) in [7, 11) is 1.95. The summed E-state index contributed by atoms with van der Waals surface area (Å²) in [6.07, 6.45) is 5.14. The fraction of sp³-hybridized carbons (Fsp3) is 0.857. The lowest BCUT2D eigenvalue weighted by atomic mass is 10.5. The molecule has 3 heteroatoms. The molecule has 0 aliphatic carbocycles. The third-order valence-electron chi connectivity index (χ3n) is 1.08. The first-order chi connectivity index (χ1) is 4.91. The van der Waals surface area contributed by atoms with Crippen LogP contribution in [0.1, 0.15) is 6.42 Å². The van der Waals surface area contributed by atoms with Gasteiger partial charge in [0, 0.05) is 12.3 Å². The van der Waals surface area contributed by atoms with Crippen molar-refractivity contribution < 1.29 is 0 Å². The molecule has 1 N–H and O–H groups in total. The molecule has 0 radical (unpaired) electrons. The maximum absolute atomic E-state index is 4.21. The van der Waals surface area contributed by atoms with Gasteiger partial charge in [-0.15, -0.1) is 0 Å². The molecule has 10 heavy (non-hydrogen) atoms. The van der Waals surface area contributed by atoms with E-state index in [9.17, 15) is 0 Å². The summed E-state index contributed by atoms with van der Waals surface area (Å²) in [5.74, 6) is 1.13. The standard InChI is InChI=1S/C7H16N2S/c1-8-4-3-5-9-6-7-10-2/h5,8H,3-4,6-7H2,1-2H3. The van der Waals surface area contributed by atoms with E-state index < -0.39 is 0 Å². The zero-order valence-corrected chi connectivity index (χ0v) is 7.58. The van der Waals surface area contributed by atoms with E-state index in [1.54, 1.807) is 0 Å². The first-order valence-electron chi connectivity index (χ1n) is 3.53. The molecule has 0 aliphatic rings. The maximum atomic E-state index is 4.21. The number of hydrogen-bond acceptors (Lipinski definition) is 3. The van der Waals surface area contributed by atoms with Crippen LogP contribution in [0.4, 0.5) is 0 Å². The van der Waals surface area contributed by atoms with Gasteiger partial charge in [0.05, 0.1) is 0 Å².